The van der Waals surface area contributed by atoms with E-state index in [9.17, 15) is 0 Å². The van der Waals surface area contributed by atoms with Crippen molar-refractivity contribution in [1.29, 1.82) is 0 Å². The second-order valence-electron chi connectivity index (χ2n) is 14.2. The van der Waals surface area contributed by atoms with Crippen molar-refractivity contribution in [3.05, 3.63) is 144 Å². The molecule has 2 aromatic heterocycles. The van der Waals surface area contributed by atoms with Gasteiger partial charge >= 0.3 is 0 Å². The van der Waals surface area contributed by atoms with Crippen molar-refractivity contribution in [3.8, 4) is 44.9 Å². The van der Waals surface area contributed by atoms with Crippen LogP contribution in [0.2, 0.25) is 0 Å². The first-order valence-corrected chi connectivity index (χ1v) is 16.4. The molecule has 0 unspecified atom stereocenters. The molecule has 47 heavy (non-hydrogen) atoms. The molecule has 0 saturated heterocycles. The number of fused-ring (bicyclic) bond motifs is 10. The van der Waals surface area contributed by atoms with Gasteiger partial charge in [0.2, 0.25) is 0 Å². The van der Waals surface area contributed by atoms with Gasteiger partial charge in [0.25, 0.3) is 0 Å². The van der Waals surface area contributed by atoms with E-state index in [-0.39, 0.29) is 10.8 Å². The number of nitrogens with zero attached hydrogens (tertiary/aromatic N) is 2. The maximum Gasteiger partial charge on any atom is 0.160 e. The first-order chi connectivity index (χ1) is 22.8. The average molecular weight is 605 g/mol. The molecule has 224 valence electrons. The van der Waals surface area contributed by atoms with Crippen LogP contribution in [0, 0.1) is 0 Å². The highest BCUT2D eigenvalue weighted by atomic mass is 16.3. The lowest BCUT2D eigenvalue weighted by Crippen LogP contribution is -2.14. The molecule has 0 spiro atoms. The van der Waals surface area contributed by atoms with Crippen LogP contribution in [0.15, 0.2) is 126 Å². The van der Waals surface area contributed by atoms with Crippen molar-refractivity contribution in [2.24, 2.45) is 0 Å². The van der Waals surface area contributed by atoms with E-state index in [1.807, 2.05) is 0 Å². The van der Waals surface area contributed by atoms with Crippen LogP contribution in [0.25, 0.3) is 77.7 Å². The van der Waals surface area contributed by atoms with Gasteiger partial charge in [0.15, 0.2) is 5.82 Å². The van der Waals surface area contributed by atoms with Crippen molar-refractivity contribution in [3.63, 3.8) is 0 Å². The van der Waals surface area contributed by atoms with Crippen LogP contribution >= 0.6 is 0 Å². The Kier molecular flexibility index (Phi) is 5.13. The summed E-state index contributed by atoms with van der Waals surface area (Å²) in [4.78, 5) is 10.4. The van der Waals surface area contributed by atoms with Crippen molar-refractivity contribution in [2.45, 2.75) is 38.5 Å². The van der Waals surface area contributed by atoms with Crippen LogP contribution in [0.1, 0.15) is 49.9 Å². The largest absolute Gasteiger partial charge is 0.456 e. The predicted molar refractivity (Wildman–Crippen MR) is 193 cm³/mol. The zero-order valence-electron chi connectivity index (χ0n) is 26.8. The molecule has 0 atom stereocenters. The Morgan fingerprint density at radius 1 is 0.447 bits per heavy atom. The van der Waals surface area contributed by atoms with E-state index in [4.69, 9.17) is 14.4 Å². The van der Waals surface area contributed by atoms with E-state index in [0.29, 0.717) is 5.82 Å². The van der Waals surface area contributed by atoms with Gasteiger partial charge in [-0.25, -0.2) is 9.97 Å². The van der Waals surface area contributed by atoms with Gasteiger partial charge in [-0.3, -0.25) is 0 Å². The molecule has 0 aliphatic heterocycles. The average Bonchev–Trinajstić information content (AvgIpc) is 3.65. The summed E-state index contributed by atoms with van der Waals surface area (Å²) in [6.45, 7) is 9.26. The second kappa shape index (κ2) is 9.04. The van der Waals surface area contributed by atoms with Gasteiger partial charge in [-0.05, 0) is 87.0 Å². The molecule has 0 N–H and O–H groups in total. The molecule has 0 radical (unpaired) electrons. The molecule has 3 heteroatoms. The molecule has 0 saturated carbocycles. The predicted octanol–water partition coefficient (Wildman–Crippen LogP) is 11.5. The highest BCUT2D eigenvalue weighted by Crippen LogP contribution is 2.52. The molecule has 0 amide bonds. The third-order valence-electron chi connectivity index (χ3n) is 10.9. The molecule has 0 bridgehead atoms. The third kappa shape index (κ3) is 3.57. The minimum Gasteiger partial charge on any atom is -0.456 e. The van der Waals surface area contributed by atoms with Gasteiger partial charge in [-0.15, -0.1) is 0 Å². The van der Waals surface area contributed by atoms with Gasteiger partial charge in [0.1, 0.15) is 11.2 Å². The molecular formula is C44H32N2O. The SMILES string of the molecule is CC1(C)c2ccccc2-c2ccc(-c3nc(-c4ccc5oc6cc7c(cc6c5c4)-c4ccccc4C7(C)C)nc4ccccc34)cc21. The Labute approximate surface area is 273 Å². The van der Waals surface area contributed by atoms with Crippen LogP contribution in [-0.2, 0) is 10.8 Å². The molecule has 2 aliphatic rings. The summed E-state index contributed by atoms with van der Waals surface area (Å²) in [5, 5.41) is 3.25. The highest BCUT2D eigenvalue weighted by Gasteiger charge is 2.37. The Hall–Kier alpha value is -5.54. The summed E-state index contributed by atoms with van der Waals surface area (Å²) in [6, 6.07) is 43.7. The number of para-hydroxylation sites is 1. The van der Waals surface area contributed by atoms with Crippen molar-refractivity contribution >= 4 is 32.8 Å². The van der Waals surface area contributed by atoms with Crippen LogP contribution in [0.4, 0.5) is 0 Å². The minimum atomic E-state index is -0.0864. The van der Waals surface area contributed by atoms with Crippen LogP contribution in [0.3, 0.4) is 0 Å². The molecule has 2 heterocycles. The standard InChI is InChI=1S/C44H32N2O/c1-43(2)34-14-8-5-11-27(34)29-19-17-25(22-36(29)43)41-30-13-7-10-16-38(30)45-42(46-41)26-18-20-39-32(21-26)33-23-31-28-12-6-9-15-35(28)44(3,4)37(31)24-40(33)47-39/h5-24H,1-4H3. The molecule has 0 fully saturated rings. The topological polar surface area (TPSA) is 38.9 Å². The fourth-order valence-corrected chi connectivity index (χ4v) is 8.39. The molecule has 3 nitrogen and oxygen atoms in total. The molecular weight excluding hydrogens is 572 g/mol. The molecule has 10 rings (SSSR count). The van der Waals surface area contributed by atoms with Crippen molar-refractivity contribution in [2.75, 3.05) is 0 Å². The van der Waals surface area contributed by atoms with Crippen molar-refractivity contribution in [1.82, 2.24) is 9.97 Å². The lowest BCUT2D eigenvalue weighted by Gasteiger charge is -2.22. The Balaban J connectivity index is 1.15. The van der Waals surface area contributed by atoms with E-state index in [2.05, 4.69) is 149 Å². The lowest BCUT2D eigenvalue weighted by molar-refractivity contribution is 0.647. The fraction of sp³-hybridized carbons (Fsp3) is 0.136. The zero-order valence-corrected chi connectivity index (χ0v) is 26.8. The zero-order chi connectivity index (χ0) is 31.7. The number of hydrogen-bond donors (Lipinski definition) is 0. The van der Waals surface area contributed by atoms with Crippen LogP contribution in [0.5, 0.6) is 0 Å². The van der Waals surface area contributed by atoms with E-state index < -0.39 is 0 Å². The summed E-state index contributed by atoms with van der Waals surface area (Å²) in [5.41, 5.74) is 16.2. The van der Waals surface area contributed by atoms with Gasteiger partial charge in [0.05, 0.1) is 11.2 Å². The summed E-state index contributed by atoms with van der Waals surface area (Å²) < 4.78 is 6.47. The lowest BCUT2D eigenvalue weighted by atomic mass is 9.82. The monoisotopic (exact) mass is 604 g/mol. The summed E-state index contributed by atoms with van der Waals surface area (Å²) in [5.74, 6) is 0.714. The van der Waals surface area contributed by atoms with E-state index in [0.717, 1.165) is 49.7 Å². The number of furan rings is 1. The van der Waals surface area contributed by atoms with Gasteiger partial charge in [-0.1, -0.05) is 107 Å². The number of rotatable bonds is 2. The number of aromatic nitrogens is 2. The maximum absolute atomic E-state index is 6.47. The molecule has 6 aromatic carbocycles. The Morgan fingerprint density at radius 2 is 1.06 bits per heavy atom. The second-order valence-corrected chi connectivity index (χ2v) is 14.2. The smallest absolute Gasteiger partial charge is 0.160 e. The van der Waals surface area contributed by atoms with Crippen molar-refractivity contribution < 1.29 is 4.42 Å². The summed E-state index contributed by atoms with van der Waals surface area (Å²) in [6.07, 6.45) is 0. The quantitative estimate of drug-likeness (QED) is 0.197. The normalized spacial score (nSPS) is 15.1. The number of hydrogen-bond acceptors (Lipinski definition) is 3. The summed E-state index contributed by atoms with van der Waals surface area (Å²) >= 11 is 0. The van der Waals surface area contributed by atoms with E-state index in [1.54, 1.807) is 0 Å². The van der Waals surface area contributed by atoms with Crippen LogP contribution < -0.4 is 0 Å². The first-order valence-electron chi connectivity index (χ1n) is 16.4. The van der Waals surface area contributed by atoms with Crippen LogP contribution in [-0.4, -0.2) is 9.97 Å². The minimum absolute atomic E-state index is 0.0743. The molecule has 8 aromatic rings. The maximum atomic E-state index is 6.47. The summed E-state index contributed by atoms with van der Waals surface area (Å²) in [7, 11) is 0. The van der Waals surface area contributed by atoms with Gasteiger partial charge in [0, 0.05) is 38.1 Å². The highest BCUT2D eigenvalue weighted by molar-refractivity contribution is 6.09. The Morgan fingerprint density at radius 3 is 1.85 bits per heavy atom. The van der Waals surface area contributed by atoms with E-state index in [1.165, 1.54) is 44.5 Å². The fourth-order valence-electron chi connectivity index (χ4n) is 8.39. The van der Waals surface area contributed by atoms with Gasteiger partial charge in [-0.2, -0.15) is 0 Å². The van der Waals surface area contributed by atoms with E-state index >= 15 is 0 Å². The van der Waals surface area contributed by atoms with Gasteiger partial charge < -0.3 is 4.42 Å². The Bertz CT molecular complexity index is 2640. The number of benzene rings is 6. The molecule has 2 aliphatic carbocycles. The first kappa shape index (κ1) is 26.7. The third-order valence-corrected chi connectivity index (χ3v) is 10.9.